The molecule has 2 aliphatic rings. The highest BCUT2D eigenvalue weighted by Gasteiger charge is 2.42. The van der Waals surface area contributed by atoms with E-state index in [1.807, 2.05) is 0 Å². The average Bonchev–Trinajstić information content (AvgIpc) is 2.42. The highest BCUT2D eigenvalue weighted by Crippen LogP contribution is 2.49. The Bertz CT molecular complexity index is 155. The third kappa shape index (κ3) is 0.917. The van der Waals surface area contributed by atoms with E-state index in [2.05, 4.69) is 0 Å². The van der Waals surface area contributed by atoms with Gasteiger partial charge in [-0.1, -0.05) is 0 Å². The Morgan fingerprint density at radius 3 is 2.20 bits per heavy atom. The second-order valence-electron chi connectivity index (χ2n) is 3.60. The summed E-state index contributed by atoms with van der Waals surface area (Å²) < 4.78 is 0. The van der Waals surface area contributed by atoms with E-state index in [-0.39, 0.29) is 5.92 Å². The fourth-order valence-electron chi connectivity index (χ4n) is 1.82. The largest absolute Gasteiger partial charge is 0.481 e. The minimum Gasteiger partial charge on any atom is -0.481 e. The number of rotatable bonds is 2. The molecule has 2 saturated carbocycles. The fourth-order valence-corrected chi connectivity index (χ4v) is 1.82. The van der Waals surface area contributed by atoms with E-state index in [9.17, 15) is 4.79 Å². The monoisotopic (exact) mass is 140 g/mol. The minimum atomic E-state index is -0.586. The van der Waals surface area contributed by atoms with Crippen LogP contribution in [0.4, 0.5) is 0 Å². The summed E-state index contributed by atoms with van der Waals surface area (Å²) in [4.78, 5) is 10.4. The lowest BCUT2D eigenvalue weighted by molar-refractivity contribution is -0.146. The van der Waals surface area contributed by atoms with E-state index in [1.54, 1.807) is 0 Å². The third-order valence-electron chi connectivity index (χ3n) is 2.81. The predicted octanol–water partition coefficient (Wildman–Crippen LogP) is 1.51. The first-order chi connectivity index (χ1) is 4.77. The summed E-state index contributed by atoms with van der Waals surface area (Å²) in [6.07, 6.45) is 4.63. The van der Waals surface area contributed by atoms with Crippen molar-refractivity contribution in [2.75, 3.05) is 0 Å². The summed E-state index contributed by atoms with van der Waals surface area (Å²) >= 11 is 0. The molecule has 0 saturated heterocycles. The zero-order chi connectivity index (χ0) is 7.14. The van der Waals surface area contributed by atoms with Gasteiger partial charge < -0.3 is 5.11 Å². The molecule has 2 heteroatoms. The van der Waals surface area contributed by atoms with Gasteiger partial charge in [-0.25, -0.2) is 0 Å². The lowest BCUT2D eigenvalue weighted by Gasteiger charge is -2.32. The maximum Gasteiger partial charge on any atom is 0.306 e. The maximum atomic E-state index is 10.4. The smallest absolute Gasteiger partial charge is 0.306 e. The molecular formula is C8H12O2. The van der Waals surface area contributed by atoms with E-state index in [1.165, 1.54) is 12.8 Å². The molecule has 0 radical (unpaired) electrons. The van der Waals surface area contributed by atoms with E-state index < -0.39 is 5.97 Å². The SMILES string of the molecule is O=C(O)C1CC(C2CC2)C1. The van der Waals surface area contributed by atoms with Crippen molar-refractivity contribution in [2.24, 2.45) is 17.8 Å². The van der Waals surface area contributed by atoms with E-state index in [4.69, 9.17) is 5.11 Å². The molecule has 0 unspecified atom stereocenters. The first-order valence-corrected chi connectivity index (χ1v) is 4.00. The molecule has 0 aromatic rings. The number of carboxylic acids is 1. The Balaban J connectivity index is 1.77. The summed E-state index contributed by atoms with van der Waals surface area (Å²) in [5.74, 6) is 1.11. The molecule has 0 aromatic heterocycles. The molecule has 0 aromatic carbocycles. The molecule has 0 heterocycles. The van der Waals surface area contributed by atoms with Gasteiger partial charge in [0, 0.05) is 0 Å². The van der Waals surface area contributed by atoms with Gasteiger partial charge in [0.25, 0.3) is 0 Å². The minimum absolute atomic E-state index is 0.00519. The van der Waals surface area contributed by atoms with Gasteiger partial charge in [-0.2, -0.15) is 0 Å². The van der Waals surface area contributed by atoms with Gasteiger partial charge in [0.15, 0.2) is 0 Å². The highest BCUT2D eigenvalue weighted by atomic mass is 16.4. The van der Waals surface area contributed by atoms with Crippen molar-refractivity contribution in [1.82, 2.24) is 0 Å². The van der Waals surface area contributed by atoms with Gasteiger partial charge in [0.05, 0.1) is 5.92 Å². The van der Waals surface area contributed by atoms with Crippen molar-refractivity contribution in [2.45, 2.75) is 25.7 Å². The predicted molar refractivity (Wildman–Crippen MR) is 36.6 cm³/mol. The van der Waals surface area contributed by atoms with Crippen LogP contribution in [0.3, 0.4) is 0 Å². The van der Waals surface area contributed by atoms with Crippen LogP contribution in [0.5, 0.6) is 0 Å². The van der Waals surface area contributed by atoms with Crippen LogP contribution < -0.4 is 0 Å². The Morgan fingerprint density at radius 1 is 1.20 bits per heavy atom. The standard InChI is InChI=1S/C8H12O2/c9-8(10)7-3-6(4-7)5-1-2-5/h5-7H,1-4H2,(H,9,10). The lowest BCUT2D eigenvalue weighted by Crippen LogP contribution is -2.31. The fraction of sp³-hybridized carbons (Fsp3) is 0.875. The van der Waals surface area contributed by atoms with Crippen molar-refractivity contribution in [3.8, 4) is 0 Å². The summed E-state index contributed by atoms with van der Waals surface area (Å²) in [5, 5.41) is 8.55. The van der Waals surface area contributed by atoms with Crippen molar-refractivity contribution >= 4 is 5.97 Å². The molecule has 10 heavy (non-hydrogen) atoms. The van der Waals surface area contributed by atoms with Gasteiger partial charge >= 0.3 is 5.97 Å². The molecular weight excluding hydrogens is 128 g/mol. The quantitative estimate of drug-likeness (QED) is 0.631. The first kappa shape index (κ1) is 6.20. The van der Waals surface area contributed by atoms with E-state index in [0.29, 0.717) is 0 Å². The molecule has 1 N–H and O–H groups in total. The molecule has 2 aliphatic carbocycles. The van der Waals surface area contributed by atoms with Gasteiger partial charge in [0.1, 0.15) is 0 Å². The zero-order valence-corrected chi connectivity index (χ0v) is 5.92. The third-order valence-corrected chi connectivity index (χ3v) is 2.81. The van der Waals surface area contributed by atoms with Crippen LogP contribution >= 0.6 is 0 Å². The molecule has 2 rings (SSSR count). The molecule has 0 amide bonds. The van der Waals surface area contributed by atoms with Crippen LogP contribution in [0, 0.1) is 17.8 Å². The second-order valence-corrected chi connectivity index (χ2v) is 3.60. The van der Waals surface area contributed by atoms with E-state index in [0.717, 1.165) is 24.7 Å². The zero-order valence-electron chi connectivity index (χ0n) is 5.92. The van der Waals surface area contributed by atoms with Gasteiger partial charge in [-0.3, -0.25) is 4.79 Å². The maximum absolute atomic E-state index is 10.4. The number of hydrogen-bond donors (Lipinski definition) is 1. The number of carbonyl (C=O) groups is 1. The summed E-state index contributed by atoms with van der Waals surface area (Å²) in [6, 6.07) is 0. The van der Waals surface area contributed by atoms with Crippen LogP contribution in [0.15, 0.2) is 0 Å². The molecule has 0 aliphatic heterocycles. The molecule has 56 valence electrons. The van der Waals surface area contributed by atoms with Crippen molar-refractivity contribution in [3.05, 3.63) is 0 Å². The summed E-state index contributed by atoms with van der Waals surface area (Å²) in [7, 11) is 0. The van der Waals surface area contributed by atoms with Crippen LogP contribution in [0.25, 0.3) is 0 Å². The van der Waals surface area contributed by atoms with Crippen LogP contribution in [-0.2, 0) is 4.79 Å². The van der Waals surface area contributed by atoms with Crippen LogP contribution in [0.1, 0.15) is 25.7 Å². The molecule has 2 nitrogen and oxygen atoms in total. The summed E-state index contributed by atoms with van der Waals surface area (Å²) in [5.41, 5.74) is 0. The number of carboxylic acid groups (broad SMARTS) is 1. The summed E-state index contributed by atoms with van der Waals surface area (Å²) in [6.45, 7) is 0. The average molecular weight is 140 g/mol. The Kier molecular flexibility index (Phi) is 1.22. The number of aliphatic carboxylic acids is 1. The van der Waals surface area contributed by atoms with Crippen molar-refractivity contribution in [1.29, 1.82) is 0 Å². The molecule has 2 fully saturated rings. The Labute approximate surface area is 60.2 Å². The van der Waals surface area contributed by atoms with Crippen LogP contribution in [-0.4, -0.2) is 11.1 Å². The lowest BCUT2D eigenvalue weighted by atomic mass is 9.72. The Hall–Kier alpha value is -0.530. The van der Waals surface area contributed by atoms with Crippen molar-refractivity contribution < 1.29 is 9.90 Å². The molecule has 0 bridgehead atoms. The van der Waals surface area contributed by atoms with Gasteiger partial charge in [-0.05, 0) is 37.5 Å². The topological polar surface area (TPSA) is 37.3 Å². The molecule has 0 spiro atoms. The second kappa shape index (κ2) is 1.97. The van der Waals surface area contributed by atoms with Gasteiger partial charge in [-0.15, -0.1) is 0 Å². The van der Waals surface area contributed by atoms with E-state index >= 15 is 0 Å². The Morgan fingerprint density at radius 2 is 1.80 bits per heavy atom. The van der Waals surface area contributed by atoms with Crippen molar-refractivity contribution in [3.63, 3.8) is 0 Å². The highest BCUT2D eigenvalue weighted by molar-refractivity contribution is 5.71. The van der Waals surface area contributed by atoms with Crippen LogP contribution in [0.2, 0.25) is 0 Å². The first-order valence-electron chi connectivity index (χ1n) is 4.00. The van der Waals surface area contributed by atoms with Gasteiger partial charge in [0.2, 0.25) is 0 Å². The number of hydrogen-bond acceptors (Lipinski definition) is 1. The normalized spacial score (nSPS) is 38.8. The molecule has 0 atom stereocenters.